The van der Waals surface area contributed by atoms with Crippen LogP contribution in [0.4, 0.5) is 10.1 Å². The molecule has 150 valence electrons. The van der Waals surface area contributed by atoms with Crippen molar-refractivity contribution in [1.29, 1.82) is 0 Å². The average Bonchev–Trinajstić information content (AvgIpc) is 2.79. The first kappa shape index (κ1) is 18.6. The number of para-hydroxylation sites is 1. The van der Waals surface area contributed by atoms with Crippen LogP contribution in [0.2, 0.25) is 0 Å². The number of nitrogens with one attached hydrogen (secondary N) is 1. The van der Waals surface area contributed by atoms with E-state index >= 15 is 0 Å². The molecule has 0 fully saturated rings. The van der Waals surface area contributed by atoms with Crippen molar-refractivity contribution < 1.29 is 13.9 Å². The van der Waals surface area contributed by atoms with Gasteiger partial charge in [0.15, 0.2) is 11.5 Å². The Balaban J connectivity index is 1.67. The summed E-state index contributed by atoms with van der Waals surface area (Å²) < 4.78 is 25.6. The second-order valence-electron chi connectivity index (χ2n) is 7.01. The standard InChI is InChI=1S/C23H18FN3O2S/c1-28-19-4-2-3-15-13-18-22(30)26-21(14-9-11-25-12-10-14)27(23(18)29-20(15)19)17-7-5-16(24)6-8-17/h2-12,21H,13H2,1H3,(H,26,30)/t21-/m0/s1. The maximum absolute atomic E-state index is 13.6. The number of anilines is 1. The minimum Gasteiger partial charge on any atom is -0.493 e. The van der Waals surface area contributed by atoms with Gasteiger partial charge < -0.3 is 14.8 Å². The monoisotopic (exact) mass is 419 g/mol. The van der Waals surface area contributed by atoms with Crippen LogP contribution >= 0.6 is 12.2 Å². The third-order valence-electron chi connectivity index (χ3n) is 5.25. The molecule has 0 saturated heterocycles. The van der Waals surface area contributed by atoms with Crippen molar-refractivity contribution in [1.82, 2.24) is 10.3 Å². The lowest BCUT2D eigenvalue weighted by Gasteiger charge is -2.42. The van der Waals surface area contributed by atoms with E-state index in [2.05, 4.69) is 10.3 Å². The number of rotatable bonds is 3. The predicted octanol–water partition coefficient (Wildman–Crippen LogP) is 4.51. The molecule has 3 aromatic rings. The fourth-order valence-electron chi connectivity index (χ4n) is 3.81. The highest BCUT2D eigenvalue weighted by atomic mass is 32.1. The number of fused-ring (bicyclic) bond motifs is 1. The van der Waals surface area contributed by atoms with Gasteiger partial charge in [0.1, 0.15) is 17.0 Å². The molecule has 2 aliphatic heterocycles. The molecular formula is C23H18FN3O2S. The number of halogens is 1. The van der Waals surface area contributed by atoms with Crippen LogP contribution in [-0.2, 0) is 6.42 Å². The van der Waals surface area contributed by atoms with Gasteiger partial charge >= 0.3 is 0 Å². The van der Waals surface area contributed by atoms with Crippen molar-refractivity contribution in [3.05, 3.63) is 95.4 Å². The second kappa shape index (κ2) is 7.42. The zero-order chi connectivity index (χ0) is 20.7. The summed E-state index contributed by atoms with van der Waals surface area (Å²) in [5, 5.41) is 3.42. The summed E-state index contributed by atoms with van der Waals surface area (Å²) in [6.07, 6.45) is 3.73. The Morgan fingerprint density at radius 1 is 1.13 bits per heavy atom. The molecule has 7 heteroatoms. The van der Waals surface area contributed by atoms with Crippen molar-refractivity contribution in [2.24, 2.45) is 0 Å². The second-order valence-corrected chi connectivity index (χ2v) is 7.42. The van der Waals surface area contributed by atoms with Crippen LogP contribution < -0.4 is 19.7 Å². The lowest BCUT2D eigenvalue weighted by atomic mass is 9.98. The molecule has 1 aromatic heterocycles. The largest absolute Gasteiger partial charge is 0.493 e. The van der Waals surface area contributed by atoms with Gasteiger partial charge in [0.2, 0.25) is 5.88 Å². The zero-order valence-corrected chi connectivity index (χ0v) is 16.9. The van der Waals surface area contributed by atoms with Gasteiger partial charge in [-0.15, -0.1) is 0 Å². The number of nitrogens with zero attached hydrogens (tertiary/aromatic N) is 2. The van der Waals surface area contributed by atoms with E-state index in [-0.39, 0.29) is 12.0 Å². The summed E-state index contributed by atoms with van der Waals surface area (Å²) in [5.41, 5.74) is 3.61. The van der Waals surface area contributed by atoms with Crippen molar-refractivity contribution >= 4 is 22.9 Å². The highest BCUT2D eigenvalue weighted by Gasteiger charge is 2.38. The third kappa shape index (κ3) is 3.07. The van der Waals surface area contributed by atoms with Crippen molar-refractivity contribution in [3.63, 3.8) is 0 Å². The third-order valence-corrected chi connectivity index (χ3v) is 5.61. The zero-order valence-electron chi connectivity index (χ0n) is 16.1. The highest BCUT2D eigenvalue weighted by Crippen LogP contribution is 2.43. The van der Waals surface area contributed by atoms with Gasteiger partial charge in [-0.1, -0.05) is 24.4 Å². The van der Waals surface area contributed by atoms with E-state index in [1.165, 1.54) is 12.1 Å². The molecule has 3 heterocycles. The van der Waals surface area contributed by atoms with Crippen LogP contribution in [0.1, 0.15) is 17.3 Å². The number of pyridine rings is 1. The molecule has 0 aliphatic carbocycles. The summed E-state index contributed by atoms with van der Waals surface area (Å²) >= 11 is 5.71. The molecule has 0 bridgehead atoms. The summed E-state index contributed by atoms with van der Waals surface area (Å²) in [7, 11) is 1.62. The molecule has 30 heavy (non-hydrogen) atoms. The molecule has 0 unspecified atom stereocenters. The van der Waals surface area contributed by atoms with Gasteiger partial charge in [-0.25, -0.2) is 4.39 Å². The Bertz CT molecular complexity index is 1150. The van der Waals surface area contributed by atoms with E-state index in [1.807, 2.05) is 35.2 Å². The number of methoxy groups -OCH3 is 1. The van der Waals surface area contributed by atoms with Gasteiger partial charge in [0.05, 0.1) is 12.7 Å². The summed E-state index contributed by atoms with van der Waals surface area (Å²) in [4.78, 5) is 6.73. The maximum atomic E-state index is 13.6. The summed E-state index contributed by atoms with van der Waals surface area (Å²) in [6.45, 7) is 0. The Morgan fingerprint density at radius 3 is 2.63 bits per heavy atom. The van der Waals surface area contributed by atoms with Crippen LogP contribution in [0.5, 0.6) is 11.5 Å². The molecule has 5 rings (SSSR count). The molecule has 0 amide bonds. The van der Waals surface area contributed by atoms with Crippen molar-refractivity contribution in [3.8, 4) is 11.5 Å². The lowest BCUT2D eigenvalue weighted by Crippen LogP contribution is -2.49. The van der Waals surface area contributed by atoms with Crippen LogP contribution in [0.15, 0.2) is 78.4 Å². The quantitative estimate of drug-likeness (QED) is 0.631. The van der Waals surface area contributed by atoms with E-state index in [0.717, 1.165) is 22.4 Å². The Morgan fingerprint density at radius 2 is 1.90 bits per heavy atom. The predicted molar refractivity (Wildman–Crippen MR) is 116 cm³/mol. The van der Waals surface area contributed by atoms with Gasteiger partial charge in [-0.05, 0) is 48.0 Å². The smallest absolute Gasteiger partial charge is 0.209 e. The number of hydrogen-bond donors (Lipinski definition) is 1. The highest BCUT2D eigenvalue weighted by molar-refractivity contribution is 7.80. The number of thiocarbonyl (C=S) groups is 1. The number of benzene rings is 2. The Hall–Kier alpha value is -3.45. The molecule has 2 aliphatic rings. The molecule has 5 nitrogen and oxygen atoms in total. The minimum absolute atomic E-state index is 0.300. The topological polar surface area (TPSA) is 46.6 Å². The van der Waals surface area contributed by atoms with E-state index in [0.29, 0.717) is 28.8 Å². The number of hydrogen-bond acceptors (Lipinski definition) is 5. The van der Waals surface area contributed by atoms with E-state index in [4.69, 9.17) is 21.7 Å². The number of aromatic nitrogens is 1. The number of ether oxygens (including phenoxy) is 2. The van der Waals surface area contributed by atoms with Crippen LogP contribution in [0.25, 0.3) is 0 Å². The Kier molecular flexibility index (Phi) is 4.59. The van der Waals surface area contributed by atoms with Crippen molar-refractivity contribution in [2.75, 3.05) is 12.0 Å². The molecule has 0 radical (unpaired) electrons. The van der Waals surface area contributed by atoms with Gasteiger partial charge in [-0.2, -0.15) is 0 Å². The molecule has 1 atom stereocenters. The molecule has 0 spiro atoms. The van der Waals surface area contributed by atoms with Gasteiger partial charge in [0.25, 0.3) is 0 Å². The molecule has 2 aromatic carbocycles. The first-order valence-corrected chi connectivity index (χ1v) is 9.89. The normalized spacial score (nSPS) is 17.6. The van der Waals surface area contributed by atoms with E-state index < -0.39 is 0 Å². The lowest BCUT2D eigenvalue weighted by molar-refractivity contribution is 0.327. The van der Waals surface area contributed by atoms with E-state index in [1.54, 1.807) is 31.6 Å². The van der Waals surface area contributed by atoms with Gasteiger partial charge in [0, 0.05) is 30.1 Å². The molecule has 1 N–H and O–H groups in total. The maximum Gasteiger partial charge on any atom is 0.209 e. The molecule has 0 saturated carbocycles. The first-order chi connectivity index (χ1) is 14.7. The Labute approximate surface area is 178 Å². The fourth-order valence-corrected chi connectivity index (χ4v) is 4.08. The average molecular weight is 419 g/mol. The van der Waals surface area contributed by atoms with Crippen LogP contribution in [0, 0.1) is 5.82 Å². The minimum atomic E-state index is -0.332. The summed E-state index contributed by atoms with van der Waals surface area (Å²) in [6, 6.07) is 16.0. The van der Waals surface area contributed by atoms with Crippen molar-refractivity contribution in [2.45, 2.75) is 12.6 Å². The fraction of sp³-hybridized carbons (Fsp3) is 0.130. The molecular weight excluding hydrogens is 401 g/mol. The van der Waals surface area contributed by atoms with Crippen LogP contribution in [-0.4, -0.2) is 17.1 Å². The van der Waals surface area contributed by atoms with Gasteiger partial charge in [-0.3, -0.25) is 9.88 Å². The first-order valence-electron chi connectivity index (χ1n) is 9.48. The van der Waals surface area contributed by atoms with E-state index in [9.17, 15) is 4.39 Å². The SMILES string of the molecule is COc1cccc2c1OC1=C(C2)C(=S)N[C@H](c2ccncc2)N1c1ccc(F)cc1. The summed E-state index contributed by atoms with van der Waals surface area (Å²) in [5.74, 6) is 1.64. The van der Waals surface area contributed by atoms with Crippen LogP contribution in [0.3, 0.4) is 0 Å².